The normalized spacial score (nSPS) is 14.0. The van der Waals surface area contributed by atoms with Crippen LogP contribution in [0.1, 0.15) is 13.3 Å². The molecule has 0 spiro atoms. The lowest BCUT2D eigenvalue weighted by molar-refractivity contribution is -0.0435. The zero-order valence-corrected chi connectivity index (χ0v) is 11.9. The fraction of sp³-hybridized carbons (Fsp3) is 0.500. The molecule has 0 aliphatic rings. The molecule has 1 rings (SSSR count). The van der Waals surface area contributed by atoms with Gasteiger partial charge in [0.05, 0.1) is 5.69 Å². The summed E-state index contributed by atoms with van der Waals surface area (Å²) < 4.78 is 73.7. The van der Waals surface area contributed by atoms with Crippen LogP contribution in [-0.4, -0.2) is 32.2 Å². The first kappa shape index (κ1) is 17.7. The number of hydrogen-bond acceptors (Lipinski definition) is 4. The molecule has 0 fully saturated rings. The quantitative estimate of drug-likeness (QED) is 0.787. The van der Waals surface area contributed by atoms with Crippen molar-refractivity contribution >= 4 is 15.5 Å². The Morgan fingerprint density at radius 1 is 1.33 bits per heavy atom. The zero-order chi connectivity index (χ0) is 16.3. The molecule has 0 amide bonds. The van der Waals surface area contributed by atoms with E-state index < -0.39 is 26.1 Å². The Morgan fingerprint density at radius 2 is 1.95 bits per heavy atom. The van der Waals surface area contributed by atoms with Gasteiger partial charge in [0.25, 0.3) is 9.84 Å². The van der Waals surface area contributed by atoms with Gasteiger partial charge in [0.2, 0.25) is 0 Å². The third-order valence-corrected chi connectivity index (χ3v) is 4.33. The van der Waals surface area contributed by atoms with E-state index in [1.54, 1.807) is 6.92 Å². The highest BCUT2D eigenvalue weighted by atomic mass is 32.2. The molecule has 0 heterocycles. The van der Waals surface area contributed by atoms with E-state index in [2.05, 4.69) is 5.32 Å². The average molecular weight is 329 g/mol. The summed E-state index contributed by atoms with van der Waals surface area (Å²) in [5.41, 5.74) is -5.83. The van der Waals surface area contributed by atoms with Crippen molar-refractivity contribution in [3.63, 3.8) is 0 Å². The van der Waals surface area contributed by atoms with Crippen molar-refractivity contribution in [3.8, 4) is 0 Å². The predicted octanol–water partition coefficient (Wildman–Crippen LogP) is 2.55. The van der Waals surface area contributed by atoms with Crippen LogP contribution >= 0.6 is 0 Å². The minimum absolute atomic E-state index is 0.0958. The lowest BCUT2D eigenvalue weighted by Crippen LogP contribution is -2.25. The number of benzene rings is 1. The number of halogens is 4. The number of hydrogen-bond donors (Lipinski definition) is 2. The summed E-state index contributed by atoms with van der Waals surface area (Å²) >= 11 is 0. The second-order valence-corrected chi connectivity index (χ2v) is 6.50. The van der Waals surface area contributed by atoms with Crippen molar-refractivity contribution in [1.29, 1.82) is 0 Å². The molecule has 4 nitrogen and oxygen atoms in total. The van der Waals surface area contributed by atoms with Gasteiger partial charge in [0, 0.05) is 13.2 Å². The topological polar surface area (TPSA) is 66.4 Å². The van der Waals surface area contributed by atoms with Crippen LogP contribution in [0.4, 0.5) is 23.2 Å². The molecule has 120 valence electrons. The van der Waals surface area contributed by atoms with Gasteiger partial charge in [-0.3, -0.25) is 0 Å². The minimum Gasteiger partial charge on any atom is -0.396 e. The fourth-order valence-electron chi connectivity index (χ4n) is 1.60. The zero-order valence-electron chi connectivity index (χ0n) is 11.1. The van der Waals surface area contributed by atoms with Crippen LogP contribution in [0.2, 0.25) is 0 Å². The highest BCUT2D eigenvalue weighted by Crippen LogP contribution is 2.34. The highest BCUT2D eigenvalue weighted by molar-refractivity contribution is 7.92. The molecule has 0 aromatic heterocycles. The van der Waals surface area contributed by atoms with Gasteiger partial charge in [0.1, 0.15) is 10.7 Å². The lowest BCUT2D eigenvalue weighted by atomic mass is 10.1. The Balaban J connectivity index is 3.12. The number of rotatable bonds is 6. The predicted molar refractivity (Wildman–Crippen MR) is 69.0 cm³/mol. The maximum Gasteiger partial charge on any atom is 0.501 e. The maximum atomic E-state index is 13.1. The Labute approximate surface area is 119 Å². The van der Waals surface area contributed by atoms with Gasteiger partial charge >= 0.3 is 5.51 Å². The van der Waals surface area contributed by atoms with Crippen molar-refractivity contribution < 1.29 is 31.1 Å². The molecule has 1 aromatic carbocycles. The van der Waals surface area contributed by atoms with E-state index >= 15 is 0 Å². The standard InChI is InChI=1S/C12H15F4NO3S/c1-8(4-5-18)7-17-10-3-2-9(13)6-11(10)21(19,20)12(14,15)16/h2-3,6,8,17-18H,4-5,7H2,1H3. The van der Waals surface area contributed by atoms with E-state index in [1.807, 2.05) is 0 Å². The number of anilines is 1. The van der Waals surface area contributed by atoms with Crippen molar-refractivity contribution in [2.45, 2.75) is 23.7 Å². The van der Waals surface area contributed by atoms with E-state index in [-0.39, 0.29) is 24.8 Å². The Hall–Kier alpha value is -1.35. The largest absolute Gasteiger partial charge is 0.501 e. The number of alkyl halides is 3. The van der Waals surface area contributed by atoms with E-state index in [0.717, 1.165) is 12.1 Å². The molecule has 2 N–H and O–H groups in total. The maximum absolute atomic E-state index is 13.1. The van der Waals surface area contributed by atoms with Gasteiger partial charge in [-0.1, -0.05) is 6.92 Å². The molecule has 1 aromatic rings. The van der Waals surface area contributed by atoms with Gasteiger partial charge < -0.3 is 10.4 Å². The summed E-state index contributed by atoms with van der Waals surface area (Å²) in [7, 11) is -5.64. The average Bonchev–Trinajstić information content (AvgIpc) is 2.36. The second-order valence-electron chi connectivity index (χ2n) is 4.59. The molecule has 1 atom stereocenters. The van der Waals surface area contributed by atoms with Crippen LogP contribution in [0.5, 0.6) is 0 Å². The van der Waals surface area contributed by atoms with Gasteiger partial charge in [-0.2, -0.15) is 13.2 Å². The van der Waals surface area contributed by atoms with Crippen molar-refractivity contribution in [1.82, 2.24) is 0 Å². The summed E-state index contributed by atoms with van der Waals surface area (Å²) in [5.74, 6) is -1.17. The summed E-state index contributed by atoms with van der Waals surface area (Å²) in [5, 5.41) is 11.3. The second kappa shape index (κ2) is 6.61. The summed E-state index contributed by atoms with van der Waals surface area (Å²) in [4.78, 5) is -1.15. The number of aliphatic hydroxyl groups is 1. The molecule has 21 heavy (non-hydrogen) atoms. The summed E-state index contributed by atoms with van der Waals surface area (Å²) in [6.07, 6.45) is 0.398. The smallest absolute Gasteiger partial charge is 0.396 e. The van der Waals surface area contributed by atoms with Crippen LogP contribution in [0.25, 0.3) is 0 Å². The molecule has 0 aliphatic carbocycles. The molecule has 0 aliphatic heterocycles. The van der Waals surface area contributed by atoms with Gasteiger partial charge in [-0.25, -0.2) is 12.8 Å². The van der Waals surface area contributed by atoms with Crippen molar-refractivity contribution in [2.24, 2.45) is 5.92 Å². The van der Waals surface area contributed by atoms with Gasteiger partial charge in [0.15, 0.2) is 0 Å². The molecular formula is C12H15F4NO3S. The Bertz CT molecular complexity index is 587. The molecule has 0 bridgehead atoms. The van der Waals surface area contributed by atoms with Crippen molar-refractivity contribution in [2.75, 3.05) is 18.5 Å². The number of aliphatic hydroxyl groups excluding tert-OH is 1. The molecule has 0 saturated carbocycles. The summed E-state index contributed by atoms with van der Waals surface area (Å²) in [6.45, 7) is 1.78. The first-order chi connectivity index (χ1) is 9.59. The third kappa shape index (κ3) is 4.31. The third-order valence-electron chi connectivity index (χ3n) is 2.80. The molecule has 0 radical (unpaired) electrons. The van der Waals surface area contributed by atoms with Crippen LogP contribution in [0, 0.1) is 11.7 Å². The summed E-state index contributed by atoms with van der Waals surface area (Å²) in [6, 6.07) is 2.15. The lowest BCUT2D eigenvalue weighted by Gasteiger charge is -2.16. The van der Waals surface area contributed by atoms with E-state index in [9.17, 15) is 26.0 Å². The van der Waals surface area contributed by atoms with E-state index in [1.165, 1.54) is 0 Å². The highest BCUT2D eigenvalue weighted by Gasteiger charge is 2.48. The Kier molecular flexibility index (Phi) is 5.57. The molecule has 0 saturated heterocycles. The van der Waals surface area contributed by atoms with E-state index in [4.69, 9.17) is 5.11 Å². The SMILES string of the molecule is CC(CCO)CNc1ccc(F)cc1S(=O)(=O)C(F)(F)F. The van der Waals surface area contributed by atoms with Crippen LogP contribution in [0.15, 0.2) is 23.1 Å². The first-order valence-corrected chi connectivity index (χ1v) is 7.53. The van der Waals surface area contributed by atoms with Gasteiger partial charge in [-0.05, 0) is 30.5 Å². The fourth-order valence-corrected chi connectivity index (χ4v) is 2.54. The van der Waals surface area contributed by atoms with Crippen LogP contribution in [0.3, 0.4) is 0 Å². The van der Waals surface area contributed by atoms with Gasteiger partial charge in [-0.15, -0.1) is 0 Å². The van der Waals surface area contributed by atoms with Crippen molar-refractivity contribution in [3.05, 3.63) is 24.0 Å². The molecular weight excluding hydrogens is 314 g/mol. The number of sulfone groups is 1. The molecule has 1 unspecified atom stereocenters. The Morgan fingerprint density at radius 3 is 2.48 bits per heavy atom. The minimum atomic E-state index is -5.64. The number of nitrogens with one attached hydrogen (secondary N) is 1. The van der Waals surface area contributed by atoms with Crippen LogP contribution < -0.4 is 5.32 Å². The monoisotopic (exact) mass is 329 g/mol. The first-order valence-electron chi connectivity index (χ1n) is 6.05. The van der Waals surface area contributed by atoms with Crippen LogP contribution in [-0.2, 0) is 9.84 Å². The molecule has 9 heteroatoms. The van der Waals surface area contributed by atoms with E-state index in [0.29, 0.717) is 12.5 Å².